The molecule has 2 bridgehead atoms. The smallest absolute Gasteiger partial charge is 0.254 e. The van der Waals surface area contributed by atoms with Crippen LogP contribution in [0.5, 0.6) is 11.5 Å². The highest BCUT2D eigenvalue weighted by molar-refractivity contribution is 6.32. The maximum atomic E-state index is 13.0. The monoisotopic (exact) mass is 402 g/mol. The molecule has 0 aliphatic carbocycles. The maximum absolute atomic E-state index is 13.0. The quantitative estimate of drug-likeness (QED) is 0.732. The number of unbranched alkanes of at least 4 members (excludes halogenated alkanes) is 1. The first kappa shape index (κ1) is 21.1. The molecule has 3 rings (SSSR count). The van der Waals surface area contributed by atoms with Crippen molar-refractivity contribution in [3.05, 3.63) is 22.7 Å². The molecule has 1 aromatic carbocycles. The van der Waals surface area contributed by atoms with Gasteiger partial charge in [-0.15, -0.1) is 12.4 Å². The van der Waals surface area contributed by atoms with Crippen LogP contribution in [-0.2, 0) is 0 Å². The third-order valence-corrected chi connectivity index (χ3v) is 5.31. The molecule has 1 aromatic rings. The van der Waals surface area contributed by atoms with Gasteiger partial charge in [0.25, 0.3) is 5.91 Å². The molecule has 2 saturated heterocycles. The number of fused-ring (bicyclic) bond motifs is 2. The summed E-state index contributed by atoms with van der Waals surface area (Å²) in [7, 11) is 1.57. The normalized spacial score (nSPS) is 21.7. The van der Waals surface area contributed by atoms with Gasteiger partial charge in [-0.25, -0.2) is 0 Å². The molecule has 0 aromatic heterocycles. The van der Waals surface area contributed by atoms with Crippen LogP contribution < -0.4 is 14.8 Å². The van der Waals surface area contributed by atoms with E-state index in [0.717, 1.165) is 38.8 Å². The van der Waals surface area contributed by atoms with Crippen molar-refractivity contribution >= 4 is 29.9 Å². The second-order valence-corrected chi connectivity index (χ2v) is 7.28. The van der Waals surface area contributed by atoms with Gasteiger partial charge in [-0.1, -0.05) is 24.9 Å². The zero-order valence-corrected chi connectivity index (χ0v) is 17.0. The van der Waals surface area contributed by atoms with Crippen LogP contribution in [0.1, 0.15) is 49.4 Å². The Bertz CT molecular complexity index is 627. The number of methoxy groups -OCH3 is 1. The van der Waals surface area contributed by atoms with Gasteiger partial charge in [0.05, 0.1) is 18.7 Å². The fraction of sp³-hybridized carbons (Fsp3) is 0.632. The van der Waals surface area contributed by atoms with Gasteiger partial charge < -0.3 is 19.7 Å². The molecule has 2 heterocycles. The first-order chi connectivity index (χ1) is 12.1. The number of carbonyl (C=O) groups is 1. The Hall–Kier alpha value is -1.17. The van der Waals surface area contributed by atoms with Crippen LogP contribution in [0, 0.1) is 0 Å². The van der Waals surface area contributed by atoms with Gasteiger partial charge in [-0.05, 0) is 37.8 Å². The van der Waals surface area contributed by atoms with E-state index in [1.807, 2.05) is 4.90 Å². The first-order valence-electron chi connectivity index (χ1n) is 9.18. The van der Waals surface area contributed by atoms with Crippen LogP contribution >= 0.6 is 24.0 Å². The van der Waals surface area contributed by atoms with E-state index in [1.165, 1.54) is 6.42 Å². The molecular weight excluding hydrogens is 375 g/mol. The van der Waals surface area contributed by atoms with Crippen molar-refractivity contribution < 1.29 is 14.3 Å². The first-order valence-corrected chi connectivity index (χ1v) is 9.55. The summed E-state index contributed by atoms with van der Waals surface area (Å²) in [5.41, 5.74) is 0.558. The molecule has 2 aliphatic heterocycles. The average molecular weight is 403 g/mol. The SMILES string of the molecule is CCCCOc1c(Cl)cc(C(=O)N2CCC3CCC(C2)N3)cc1OC.Cl. The highest BCUT2D eigenvalue weighted by atomic mass is 35.5. The molecule has 0 saturated carbocycles. The molecule has 2 unspecified atom stereocenters. The summed E-state index contributed by atoms with van der Waals surface area (Å²) >= 11 is 6.38. The zero-order chi connectivity index (χ0) is 17.8. The number of carbonyl (C=O) groups excluding carboxylic acids is 1. The summed E-state index contributed by atoms with van der Waals surface area (Å²) in [4.78, 5) is 14.9. The maximum Gasteiger partial charge on any atom is 0.254 e. The Kier molecular flexibility index (Phi) is 7.86. The van der Waals surface area contributed by atoms with E-state index >= 15 is 0 Å². The fourth-order valence-corrected chi connectivity index (χ4v) is 3.88. The van der Waals surface area contributed by atoms with E-state index in [4.69, 9.17) is 21.1 Å². The molecule has 146 valence electrons. The van der Waals surface area contributed by atoms with Gasteiger partial charge >= 0.3 is 0 Å². The third kappa shape index (κ3) is 4.76. The van der Waals surface area contributed by atoms with E-state index in [1.54, 1.807) is 19.2 Å². The molecule has 1 N–H and O–H groups in total. The molecule has 1 amide bonds. The molecule has 0 spiro atoms. The van der Waals surface area contributed by atoms with E-state index in [9.17, 15) is 4.79 Å². The van der Waals surface area contributed by atoms with E-state index in [2.05, 4.69) is 12.2 Å². The van der Waals surface area contributed by atoms with Crippen molar-refractivity contribution in [3.8, 4) is 11.5 Å². The molecule has 2 fully saturated rings. The number of amides is 1. The average Bonchev–Trinajstić information content (AvgIpc) is 2.94. The summed E-state index contributed by atoms with van der Waals surface area (Å²) in [6, 6.07) is 4.40. The lowest BCUT2D eigenvalue weighted by Crippen LogP contribution is -2.39. The number of hydrogen-bond donors (Lipinski definition) is 1. The third-order valence-electron chi connectivity index (χ3n) is 5.03. The van der Waals surface area contributed by atoms with Gasteiger partial charge in [0.15, 0.2) is 11.5 Å². The summed E-state index contributed by atoms with van der Waals surface area (Å²) in [6.07, 6.45) is 5.36. The Morgan fingerprint density at radius 3 is 2.81 bits per heavy atom. The van der Waals surface area contributed by atoms with Crippen LogP contribution in [-0.4, -0.2) is 49.7 Å². The zero-order valence-electron chi connectivity index (χ0n) is 15.4. The van der Waals surface area contributed by atoms with Crippen molar-refractivity contribution in [1.29, 1.82) is 0 Å². The molecule has 2 atom stereocenters. The molecular formula is C19H28Cl2N2O3. The minimum absolute atomic E-state index is 0. The number of rotatable bonds is 6. The highest BCUT2D eigenvalue weighted by Gasteiger charge is 2.32. The van der Waals surface area contributed by atoms with Gasteiger partial charge in [-0.2, -0.15) is 0 Å². The largest absolute Gasteiger partial charge is 0.493 e. The Morgan fingerprint density at radius 1 is 1.31 bits per heavy atom. The summed E-state index contributed by atoms with van der Waals surface area (Å²) < 4.78 is 11.2. The van der Waals surface area contributed by atoms with Crippen molar-refractivity contribution in [1.82, 2.24) is 10.2 Å². The van der Waals surface area contributed by atoms with Crippen molar-refractivity contribution in [3.63, 3.8) is 0 Å². The van der Waals surface area contributed by atoms with E-state index < -0.39 is 0 Å². The molecule has 5 nitrogen and oxygen atoms in total. The van der Waals surface area contributed by atoms with E-state index in [0.29, 0.717) is 40.8 Å². The number of hydrogen-bond acceptors (Lipinski definition) is 4. The molecule has 0 radical (unpaired) electrons. The van der Waals surface area contributed by atoms with Crippen LogP contribution in [0.15, 0.2) is 12.1 Å². The van der Waals surface area contributed by atoms with Crippen molar-refractivity contribution in [2.45, 2.75) is 51.1 Å². The molecule has 26 heavy (non-hydrogen) atoms. The topological polar surface area (TPSA) is 50.8 Å². The minimum Gasteiger partial charge on any atom is -0.493 e. The molecule has 2 aliphatic rings. The van der Waals surface area contributed by atoms with Gasteiger partial charge in [0.1, 0.15) is 0 Å². The van der Waals surface area contributed by atoms with Crippen LogP contribution in [0.3, 0.4) is 0 Å². The predicted octanol–water partition coefficient (Wildman–Crippen LogP) is 3.92. The summed E-state index contributed by atoms with van der Waals surface area (Å²) in [5, 5.41) is 4.02. The Balaban J connectivity index is 0.00000243. The lowest BCUT2D eigenvalue weighted by atomic mass is 10.1. The van der Waals surface area contributed by atoms with Crippen LogP contribution in [0.2, 0.25) is 5.02 Å². The van der Waals surface area contributed by atoms with Gasteiger partial charge in [0.2, 0.25) is 0 Å². The fourth-order valence-electron chi connectivity index (χ4n) is 3.61. The Labute approximate surface area is 166 Å². The van der Waals surface area contributed by atoms with E-state index in [-0.39, 0.29) is 18.3 Å². The number of benzene rings is 1. The number of ether oxygens (including phenoxy) is 2. The predicted molar refractivity (Wildman–Crippen MR) is 106 cm³/mol. The second-order valence-electron chi connectivity index (χ2n) is 6.87. The Morgan fingerprint density at radius 2 is 2.08 bits per heavy atom. The number of nitrogens with one attached hydrogen (secondary N) is 1. The van der Waals surface area contributed by atoms with Crippen LogP contribution in [0.25, 0.3) is 0 Å². The number of nitrogens with zero attached hydrogens (tertiary/aromatic N) is 1. The van der Waals surface area contributed by atoms with Crippen molar-refractivity contribution in [2.75, 3.05) is 26.8 Å². The highest BCUT2D eigenvalue weighted by Crippen LogP contribution is 2.37. The number of halogens is 2. The van der Waals surface area contributed by atoms with Gasteiger partial charge in [-0.3, -0.25) is 4.79 Å². The van der Waals surface area contributed by atoms with Crippen LogP contribution in [0.4, 0.5) is 0 Å². The summed E-state index contributed by atoms with van der Waals surface area (Å²) in [6.45, 7) is 4.22. The van der Waals surface area contributed by atoms with Gasteiger partial charge in [0, 0.05) is 30.7 Å². The lowest BCUT2D eigenvalue weighted by Gasteiger charge is -2.25. The summed E-state index contributed by atoms with van der Waals surface area (Å²) in [5.74, 6) is 1.04. The minimum atomic E-state index is 0. The number of likely N-dealkylation sites (tertiary alicyclic amines) is 1. The standard InChI is InChI=1S/C19H27ClN2O3.ClH/c1-3-4-9-25-18-16(20)10-13(11-17(18)24-2)19(23)22-8-7-14-5-6-15(12-22)21-14;/h10-11,14-15,21H,3-9,12H2,1-2H3;1H. The van der Waals surface area contributed by atoms with Crippen molar-refractivity contribution in [2.24, 2.45) is 0 Å². The molecule has 7 heteroatoms. The lowest BCUT2D eigenvalue weighted by molar-refractivity contribution is 0.0747. The second kappa shape index (κ2) is 9.67.